The SMILES string of the molecule is COc1cc(N2CCC[C@]3(C(=O)O)CN(C(C)C)C[C@@H]3C2)ncn1. The molecule has 0 amide bonds. The summed E-state index contributed by atoms with van der Waals surface area (Å²) in [6.45, 7) is 7.25. The van der Waals surface area contributed by atoms with Crippen molar-refractivity contribution in [1.82, 2.24) is 14.9 Å². The highest BCUT2D eigenvalue weighted by Crippen LogP contribution is 2.44. The fourth-order valence-corrected chi connectivity index (χ4v) is 4.04. The third-order valence-electron chi connectivity index (χ3n) is 5.53. The number of aromatic nitrogens is 2. The zero-order valence-corrected chi connectivity index (χ0v) is 14.6. The maximum Gasteiger partial charge on any atom is 0.311 e. The van der Waals surface area contributed by atoms with Crippen LogP contribution in [0.1, 0.15) is 26.7 Å². The Bertz CT molecular complexity index is 609. The Morgan fingerprint density at radius 1 is 1.42 bits per heavy atom. The van der Waals surface area contributed by atoms with Crippen molar-refractivity contribution in [2.75, 3.05) is 38.2 Å². The van der Waals surface area contributed by atoms with E-state index in [9.17, 15) is 9.90 Å². The number of ether oxygens (including phenoxy) is 1. The van der Waals surface area contributed by atoms with Crippen LogP contribution in [0, 0.1) is 11.3 Å². The zero-order chi connectivity index (χ0) is 17.3. The number of hydrogen-bond donors (Lipinski definition) is 1. The van der Waals surface area contributed by atoms with Gasteiger partial charge < -0.3 is 14.7 Å². The average molecular weight is 334 g/mol. The zero-order valence-electron chi connectivity index (χ0n) is 14.6. The predicted octanol–water partition coefficient (Wildman–Crippen LogP) is 1.50. The first-order valence-corrected chi connectivity index (χ1v) is 8.54. The summed E-state index contributed by atoms with van der Waals surface area (Å²) in [5.74, 6) is 0.786. The molecule has 24 heavy (non-hydrogen) atoms. The molecule has 1 aromatic heterocycles. The summed E-state index contributed by atoms with van der Waals surface area (Å²) in [5.41, 5.74) is -0.643. The van der Waals surface area contributed by atoms with Gasteiger partial charge in [0.25, 0.3) is 0 Å². The summed E-state index contributed by atoms with van der Waals surface area (Å²) < 4.78 is 5.19. The molecule has 2 atom stereocenters. The first kappa shape index (κ1) is 17.0. The van der Waals surface area contributed by atoms with Crippen LogP contribution in [0.15, 0.2) is 12.4 Å². The van der Waals surface area contributed by atoms with E-state index in [1.165, 1.54) is 6.33 Å². The molecule has 7 nitrogen and oxygen atoms in total. The lowest BCUT2D eigenvalue weighted by Crippen LogP contribution is -2.41. The van der Waals surface area contributed by atoms with Crippen molar-refractivity contribution in [3.05, 3.63) is 12.4 Å². The third-order valence-corrected chi connectivity index (χ3v) is 5.53. The van der Waals surface area contributed by atoms with Crippen LogP contribution in [0.25, 0.3) is 0 Å². The van der Waals surface area contributed by atoms with Crippen molar-refractivity contribution in [2.45, 2.75) is 32.7 Å². The van der Waals surface area contributed by atoms with Gasteiger partial charge in [0, 0.05) is 44.2 Å². The van der Waals surface area contributed by atoms with Crippen LogP contribution >= 0.6 is 0 Å². The number of hydrogen-bond acceptors (Lipinski definition) is 6. The van der Waals surface area contributed by atoms with E-state index in [1.807, 2.05) is 6.07 Å². The summed E-state index contributed by atoms with van der Waals surface area (Å²) in [5, 5.41) is 9.97. The summed E-state index contributed by atoms with van der Waals surface area (Å²) in [4.78, 5) is 25.0. The molecule has 132 valence electrons. The molecule has 0 radical (unpaired) electrons. The Kier molecular flexibility index (Phi) is 4.62. The number of carboxylic acids is 1. The minimum Gasteiger partial charge on any atom is -0.481 e. The van der Waals surface area contributed by atoms with E-state index in [0.29, 0.717) is 25.0 Å². The normalized spacial score (nSPS) is 27.8. The number of methoxy groups -OCH3 is 1. The molecule has 1 aromatic rings. The molecule has 2 aliphatic rings. The molecular weight excluding hydrogens is 308 g/mol. The second-order valence-corrected chi connectivity index (χ2v) is 7.15. The van der Waals surface area contributed by atoms with E-state index in [1.54, 1.807) is 7.11 Å². The molecular formula is C17H26N4O3. The molecule has 0 spiro atoms. The van der Waals surface area contributed by atoms with Gasteiger partial charge in [-0.3, -0.25) is 9.69 Å². The van der Waals surface area contributed by atoms with Gasteiger partial charge in [-0.2, -0.15) is 0 Å². The highest BCUT2D eigenvalue weighted by Gasteiger charge is 2.53. The Labute approximate surface area is 142 Å². The molecule has 3 rings (SSSR count). The molecule has 7 heteroatoms. The number of nitrogens with zero attached hydrogens (tertiary/aromatic N) is 4. The predicted molar refractivity (Wildman–Crippen MR) is 90.3 cm³/mol. The number of carboxylic acid groups (broad SMARTS) is 1. The quantitative estimate of drug-likeness (QED) is 0.894. The van der Waals surface area contributed by atoms with Crippen molar-refractivity contribution in [1.29, 1.82) is 0 Å². The van der Waals surface area contributed by atoms with Crippen molar-refractivity contribution < 1.29 is 14.6 Å². The van der Waals surface area contributed by atoms with Crippen LogP contribution in [0.3, 0.4) is 0 Å². The first-order valence-electron chi connectivity index (χ1n) is 8.54. The van der Waals surface area contributed by atoms with Gasteiger partial charge in [-0.1, -0.05) is 0 Å². The van der Waals surface area contributed by atoms with Crippen LogP contribution in [0.5, 0.6) is 5.88 Å². The molecule has 1 N–H and O–H groups in total. The average Bonchev–Trinajstić information content (AvgIpc) is 2.84. The smallest absolute Gasteiger partial charge is 0.311 e. The van der Waals surface area contributed by atoms with Gasteiger partial charge in [-0.15, -0.1) is 0 Å². The molecule has 0 unspecified atom stereocenters. The maximum atomic E-state index is 12.1. The van der Waals surface area contributed by atoms with E-state index in [2.05, 4.69) is 33.6 Å². The van der Waals surface area contributed by atoms with Crippen LogP contribution in [0.4, 0.5) is 5.82 Å². The van der Waals surface area contributed by atoms with Gasteiger partial charge in [0.2, 0.25) is 5.88 Å². The van der Waals surface area contributed by atoms with Crippen molar-refractivity contribution >= 4 is 11.8 Å². The highest BCUT2D eigenvalue weighted by molar-refractivity contribution is 5.76. The van der Waals surface area contributed by atoms with E-state index in [0.717, 1.165) is 31.7 Å². The van der Waals surface area contributed by atoms with Gasteiger partial charge in [0.15, 0.2) is 0 Å². The van der Waals surface area contributed by atoms with Gasteiger partial charge >= 0.3 is 5.97 Å². The van der Waals surface area contributed by atoms with Crippen LogP contribution < -0.4 is 9.64 Å². The standard InChI is InChI=1S/C17H26N4O3/c1-12(2)21-9-13-8-20(14-7-15(24-3)19-11-18-14)6-4-5-17(13,10-21)16(22)23/h7,11-13H,4-6,8-10H2,1-3H3,(H,22,23)/t13-,17-/m0/s1. The van der Waals surface area contributed by atoms with Gasteiger partial charge in [0.1, 0.15) is 12.1 Å². The summed E-state index contributed by atoms with van der Waals surface area (Å²) in [7, 11) is 1.58. The number of fused-ring (bicyclic) bond motifs is 1. The fourth-order valence-electron chi connectivity index (χ4n) is 4.04. The largest absolute Gasteiger partial charge is 0.481 e. The van der Waals surface area contributed by atoms with Crippen LogP contribution in [-0.2, 0) is 4.79 Å². The topological polar surface area (TPSA) is 78.8 Å². The summed E-state index contributed by atoms with van der Waals surface area (Å²) in [6.07, 6.45) is 3.06. The first-order chi connectivity index (χ1) is 11.5. The maximum absolute atomic E-state index is 12.1. The van der Waals surface area contributed by atoms with Crippen molar-refractivity contribution in [3.8, 4) is 5.88 Å². The summed E-state index contributed by atoms with van der Waals surface area (Å²) in [6, 6.07) is 2.18. The Morgan fingerprint density at radius 3 is 2.88 bits per heavy atom. The summed E-state index contributed by atoms with van der Waals surface area (Å²) >= 11 is 0. The molecule has 0 aromatic carbocycles. The van der Waals surface area contributed by atoms with Crippen molar-refractivity contribution in [3.63, 3.8) is 0 Å². The van der Waals surface area contributed by atoms with E-state index < -0.39 is 11.4 Å². The number of rotatable bonds is 4. The van der Waals surface area contributed by atoms with Gasteiger partial charge in [0.05, 0.1) is 12.5 Å². The number of aliphatic carboxylic acids is 1. The van der Waals surface area contributed by atoms with E-state index in [-0.39, 0.29) is 5.92 Å². The van der Waals surface area contributed by atoms with Crippen molar-refractivity contribution in [2.24, 2.45) is 11.3 Å². The van der Waals surface area contributed by atoms with E-state index >= 15 is 0 Å². The Morgan fingerprint density at radius 2 is 2.21 bits per heavy atom. The Hall–Kier alpha value is -1.89. The lowest BCUT2D eigenvalue weighted by Gasteiger charge is -2.30. The molecule has 0 bridgehead atoms. The lowest BCUT2D eigenvalue weighted by atomic mass is 9.75. The van der Waals surface area contributed by atoms with Crippen LogP contribution in [0.2, 0.25) is 0 Å². The minimum absolute atomic E-state index is 0.0980. The van der Waals surface area contributed by atoms with E-state index in [4.69, 9.17) is 4.74 Å². The minimum atomic E-state index is -0.655. The number of anilines is 1. The number of carbonyl (C=O) groups is 1. The van der Waals surface area contributed by atoms with Gasteiger partial charge in [-0.25, -0.2) is 9.97 Å². The van der Waals surface area contributed by atoms with Gasteiger partial charge in [-0.05, 0) is 26.7 Å². The monoisotopic (exact) mass is 334 g/mol. The lowest BCUT2D eigenvalue weighted by molar-refractivity contribution is -0.150. The Balaban J connectivity index is 1.87. The fraction of sp³-hybridized carbons (Fsp3) is 0.706. The number of likely N-dealkylation sites (tertiary alicyclic amines) is 1. The second-order valence-electron chi connectivity index (χ2n) is 7.15. The molecule has 2 saturated heterocycles. The molecule has 2 aliphatic heterocycles. The third kappa shape index (κ3) is 2.92. The molecule has 2 fully saturated rings. The highest BCUT2D eigenvalue weighted by atomic mass is 16.5. The molecule has 0 aliphatic carbocycles. The molecule has 3 heterocycles. The second kappa shape index (κ2) is 6.55. The van der Waals surface area contributed by atoms with Crippen LogP contribution in [-0.4, -0.2) is 65.3 Å². The molecule has 0 saturated carbocycles.